The number of aryl methyl sites for hydroxylation is 1. The highest BCUT2D eigenvalue weighted by Crippen LogP contribution is 2.38. The first-order chi connectivity index (χ1) is 14.9. The Balaban J connectivity index is 1.29. The average Bonchev–Trinajstić information content (AvgIpc) is 3.11. The van der Waals surface area contributed by atoms with Crippen molar-refractivity contribution in [2.24, 2.45) is 0 Å². The maximum Gasteiger partial charge on any atom is 0.219 e. The number of ketones is 2. The fourth-order valence-corrected chi connectivity index (χ4v) is 4.15. The van der Waals surface area contributed by atoms with E-state index in [0.29, 0.717) is 17.9 Å². The van der Waals surface area contributed by atoms with Crippen LogP contribution in [-0.4, -0.2) is 73.1 Å². The number of piperazine rings is 1. The van der Waals surface area contributed by atoms with E-state index in [2.05, 4.69) is 41.0 Å². The van der Waals surface area contributed by atoms with E-state index in [1.54, 1.807) is 18.2 Å². The van der Waals surface area contributed by atoms with Gasteiger partial charge in [0.25, 0.3) is 0 Å². The largest absolute Gasteiger partial charge is 0.487 e. The lowest BCUT2D eigenvalue weighted by Gasteiger charge is -2.37. The van der Waals surface area contributed by atoms with Crippen molar-refractivity contribution < 1.29 is 24.2 Å². The summed E-state index contributed by atoms with van der Waals surface area (Å²) in [5.74, 6) is -0.0261. The zero-order valence-electron chi connectivity index (χ0n) is 17.9. The Morgan fingerprint density at radius 2 is 1.90 bits per heavy atom. The molecule has 1 N–H and O–H groups in total. The summed E-state index contributed by atoms with van der Waals surface area (Å²) in [6.45, 7) is 7.59. The molecule has 2 aliphatic heterocycles. The van der Waals surface area contributed by atoms with Crippen molar-refractivity contribution in [3.63, 3.8) is 0 Å². The molecule has 0 amide bonds. The Hall–Kier alpha value is -2.90. The molecule has 0 saturated carbocycles. The number of ether oxygens (including phenoxy) is 2. The number of hydrogen-bond donors (Lipinski definition) is 1. The number of β-amino-alcohol motifs (C(OH)–C–C–N with tert-alkyl or cyclic N) is 1. The monoisotopic (exact) mass is 424 g/mol. The van der Waals surface area contributed by atoms with E-state index in [-0.39, 0.29) is 23.9 Å². The van der Waals surface area contributed by atoms with Gasteiger partial charge in [0.15, 0.2) is 17.3 Å². The smallest absolute Gasteiger partial charge is 0.219 e. The van der Waals surface area contributed by atoms with Crippen LogP contribution in [0.1, 0.15) is 22.8 Å². The van der Waals surface area contributed by atoms with Gasteiger partial charge in [0.2, 0.25) is 11.9 Å². The maximum absolute atomic E-state index is 12.3. The van der Waals surface area contributed by atoms with Gasteiger partial charge in [-0.3, -0.25) is 14.5 Å². The van der Waals surface area contributed by atoms with Gasteiger partial charge in [0.1, 0.15) is 12.7 Å². The van der Waals surface area contributed by atoms with Crippen molar-refractivity contribution in [2.75, 3.05) is 44.2 Å². The maximum atomic E-state index is 12.3. The summed E-state index contributed by atoms with van der Waals surface area (Å²) < 4.78 is 11.3. The number of carbonyl (C=O) groups is 2. The van der Waals surface area contributed by atoms with Crippen LogP contribution in [0, 0.1) is 6.92 Å². The molecule has 2 aromatic carbocycles. The molecule has 1 fully saturated rings. The third kappa shape index (κ3) is 4.57. The molecule has 1 saturated heterocycles. The molecule has 2 heterocycles. The van der Waals surface area contributed by atoms with Crippen LogP contribution in [0.3, 0.4) is 0 Å². The van der Waals surface area contributed by atoms with Gasteiger partial charge < -0.3 is 19.5 Å². The molecule has 7 nitrogen and oxygen atoms in total. The van der Waals surface area contributed by atoms with Crippen molar-refractivity contribution in [1.82, 2.24) is 4.90 Å². The molecular weight excluding hydrogens is 396 g/mol. The second-order valence-corrected chi connectivity index (χ2v) is 8.14. The average molecular weight is 424 g/mol. The van der Waals surface area contributed by atoms with Gasteiger partial charge in [-0.2, -0.15) is 0 Å². The highest BCUT2D eigenvalue weighted by molar-refractivity contribution is 6.16. The Bertz CT molecular complexity index is 968. The third-order valence-corrected chi connectivity index (χ3v) is 5.82. The lowest BCUT2D eigenvalue weighted by atomic mass is 10.1. The number of nitrogens with zero attached hydrogens (tertiary/aromatic N) is 2. The highest BCUT2D eigenvalue weighted by Gasteiger charge is 2.37. The molecular formula is C24H28N2O5. The lowest BCUT2D eigenvalue weighted by Crippen LogP contribution is -2.49. The van der Waals surface area contributed by atoms with E-state index in [0.717, 1.165) is 26.2 Å². The second kappa shape index (κ2) is 9.08. The minimum atomic E-state index is -1.10. The van der Waals surface area contributed by atoms with Gasteiger partial charge in [-0.25, -0.2) is 0 Å². The van der Waals surface area contributed by atoms with Crippen LogP contribution in [0.15, 0.2) is 42.5 Å². The van der Waals surface area contributed by atoms with Gasteiger partial charge in [-0.15, -0.1) is 0 Å². The van der Waals surface area contributed by atoms with Crippen molar-refractivity contribution in [3.05, 3.63) is 53.6 Å². The molecule has 2 aliphatic rings. The number of fused-ring (bicyclic) bond motifs is 1. The number of aliphatic hydroxyl groups excluding tert-OH is 1. The van der Waals surface area contributed by atoms with Crippen molar-refractivity contribution >= 4 is 17.3 Å². The van der Waals surface area contributed by atoms with Crippen molar-refractivity contribution in [2.45, 2.75) is 26.1 Å². The van der Waals surface area contributed by atoms with Crippen LogP contribution >= 0.6 is 0 Å². The first kappa shape index (κ1) is 21.3. The molecule has 7 heteroatoms. The molecule has 0 radical (unpaired) electrons. The number of carbonyl (C=O) groups excluding carboxylic acids is 2. The van der Waals surface area contributed by atoms with Crippen molar-refractivity contribution in [3.8, 4) is 11.5 Å². The molecule has 0 spiro atoms. The minimum Gasteiger partial charge on any atom is -0.487 e. The van der Waals surface area contributed by atoms with Crippen LogP contribution in [0.5, 0.6) is 11.5 Å². The van der Waals surface area contributed by atoms with Crippen LogP contribution in [-0.2, 0) is 4.79 Å². The van der Waals surface area contributed by atoms with Gasteiger partial charge in [0.05, 0.1) is 5.56 Å². The van der Waals surface area contributed by atoms with Crippen LogP contribution in [0.2, 0.25) is 0 Å². The Kier molecular flexibility index (Phi) is 6.25. The highest BCUT2D eigenvalue weighted by atomic mass is 16.5. The summed E-state index contributed by atoms with van der Waals surface area (Å²) in [4.78, 5) is 28.5. The Morgan fingerprint density at radius 1 is 1.16 bits per heavy atom. The molecule has 0 aliphatic carbocycles. The topological polar surface area (TPSA) is 79.3 Å². The minimum absolute atomic E-state index is 0.0801. The predicted octanol–water partition coefficient (Wildman–Crippen LogP) is 2.09. The second-order valence-electron chi connectivity index (χ2n) is 8.14. The van der Waals surface area contributed by atoms with E-state index in [1.165, 1.54) is 18.2 Å². The molecule has 2 aromatic rings. The van der Waals surface area contributed by atoms with Crippen LogP contribution in [0.25, 0.3) is 0 Å². The molecule has 2 unspecified atom stereocenters. The zero-order chi connectivity index (χ0) is 22.0. The van der Waals surface area contributed by atoms with Gasteiger partial charge in [-0.1, -0.05) is 24.3 Å². The van der Waals surface area contributed by atoms with Gasteiger partial charge in [0, 0.05) is 38.4 Å². The Labute approximate surface area is 182 Å². The zero-order valence-corrected chi connectivity index (χ0v) is 17.9. The number of benzene rings is 2. The number of rotatable bonds is 7. The van der Waals surface area contributed by atoms with E-state index in [1.807, 2.05) is 0 Å². The van der Waals surface area contributed by atoms with E-state index in [4.69, 9.17) is 9.47 Å². The first-order valence-corrected chi connectivity index (χ1v) is 10.6. The van der Waals surface area contributed by atoms with Crippen LogP contribution < -0.4 is 14.4 Å². The summed E-state index contributed by atoms with van der Waals surface area (Å²) in [6, 6.07) is 13.4. The summed E-state index contributed by atoms with van der Waals surface area (Å²) in [6.07, 6.45) is -1.78. The number of anilines is 1. The molecule has 2 atom stereocenters. The standard InChI is InChI=1S/C24H28N2O5/c1-16-6-3-4-8-20(16)26-12-10-25(11-13-26)14-18(28)15-30-21-9-5-7-19-22(29)23(17(2)27)31-24(19)21/h3-9,18,23,28H,10-15H2,1-2H3. The SMILES string of the molecule is CC(=O)C1Oc2c(OCC(O)CN3CCN(c4ccccc4C)CC3)cccc2C1=O. The van der Waals surface area contributed by atoms with Crippen LogP contribution in [0.4, 0.5) is 5.69 Å². The summed E-state index contributed by atoms with van der Waals surface area (Å²) in [7, 11) is 0. The first-order valence-electron chi connectivity index (χ1n) is 10.6. The fourth-order valence-electron chi connectivity index (χ4n) is 4.15. The molecule has 164 valence electrons. The van der Waals surface area contributed by atoms with Crippen molar-refractivity contribution in [1.29, 1.82) is 0 Å². The lowest BCUT2D eigenvalue weighted by molar-refractivity contribution is -0.121. The number of aliphatic hydroxyl groups is 1. The number of para-hydroxylation sites is 2. The number of hydrogen-bond acceptors (Lipinski definition) is 7. The van der Waals surface area contributed by atoms with Gasteiger partial charge in [-0.05, 0) is 37.6 Å². The van der Waals surface area contributed by atoms with E-state index >= 15 is 0 Å². The fraction of sp³-hybridized carbons (Fsp3) is 0.417. The van der Waals surface area contributed by atoms with E-state index in [9.17, 15) is 14.7 Å². The summed E-state index contributed by atoms with van der Waals surface area (Å²) in [5, 5.41) is 10.5. The quantitative estimate of drug-likeness (QED) is 0.682. The van der Waals surface area contributed by atoms with Gasteiger partial charge >= 0.3 is 0 Å². The molecule has 0 bridgehead atoms. The third-order valence-electron chi connectivity index (χ3n) is 5.82. The molecule has 4 rings (SSSR count). The molecule has 0 aromatic heterocycles. The summed E-state index contributed by atoms with van der Waals surface area (Å²) >= 11 is 0. The normalized spacial score (nSPS) is 19.6. The van der Waals surface area contributed by atoms with E-state index < -0.39 is 12.2 Å². The summed E-state index contributed by atoms with van der Waals surface area (Å²) in [5.41, 5.74) is 2.88. The Morgan fingerprint density at radius 3 is 2.61 bits per heavy atom. The predicted molar refractivity (Wildman–Crippen MR) is 117 cm³/mol. The number of Topliss-reactive ketones (excluding diaryl/α,β-unsaturated/α-hetero) is 2. The molecule has 31 heavy (non-hydrogen) atoms.